The fourth-order valence-electron chi connectivity index (χ4n) is 4.71. The third-order valence-electron chi connectivity index (χ3n) is 6.97. The van der Waals surface area contributed by atoms with E-state index in [2.05, 4.69) is 50.2 Å². The van der Waals surface area contributed by atoms with Gasteiger partial charge in [0, 0.05) is 68.3 Å². The van der Waals surface area contributed by atoms with E-state index in [4.69, 9.17) is 15.0 Å². The molecule has 0 spiro atoms. The summed E-state index contributed by atoms with van der Waals surface area (Å²) in [6, 6.07) is 8.54. The summed E-state index contributed by atoms with van der Waals surface area (Å²) >= 11 is 0. The van der Waals surface area contributed by atoms with E-state index in [1.165, 1.54) is 62.5 Å². The Bertz CT molecular complexity index is 881. The molecule has 0 saturated heterocycles. The molecule has 0 bridgehead atoms. The van der Waals surface area contributed by atoms with Crippen LogP contribution in [0.25, 0.3) is 10.4 Å². The van der Waals surface area contributed by atoms with Gasteiger partial charge in [0.05, 0.1) is 0 Å². The van der Waals surface area contributed by atoms with Crippen LogP contribution in [0.1, 0.15) is 101 Å². The first-order chi connectivity index (χ1) is 19.4. The number of unbranched alkanes of at least 4 members (excludes halogenated alkanes) is 10. The maximum absolute atomic E-state index is 8.25. The molecule has 7 nitrogen and oxygen atoms in total. The van der Waals surface area contributed by atoms with Gasteiger partial charge >= 0.3 is 0 Å². The molecule has 0 N–H and O–H groups in total. The summed E-state index contributed by atoms with van der Waals surface area (Å²) in [5, 5.41) is 3.56. The number of aryl methyl sites for hydroxylation is 3. The maximum atomic E-state index is 8.25. The Morgan fingerprint density at radius 1 is 0.700 bits per heavy atom. The normalized spacial score (nSPS) is 10.7. The number of hydrogen-bond acceptors (Lipinski definition) is 4. The number of aromatic nitrogens is 2. The summed E-state index contributed by atoms with van der Waals surface area (Å²) in [6.45, 7) is 5.14. The van der Waals surface area contributed by atoms with Crippen molar-refractivity contribution in [3.63, 3.8) is 0 Å². The standard InChI is InChI=1S/C32H52N5O2.ClH/c33-36-35-22-9-5-8-12-26-39-28-16-20-32-18-14-24-37(30-32)23-10-6-3-1-2-4-7-11-25-38-27-15-19-31-17-13-21-34-29-31;/h13-14,17-18,21,24,29-30H,1-12,15-16,19-20,22-23,25-28H2;1H/q+1;/p-1. The molecule has 0 unspecified atom stereocenters. The van der Waals surface area contributed by atoms with E-state index < -0.39 is 0 Å². The number of ether oxygens (including phenoxy) is 2. The van der Waals surface area contributed by atoms with Crippen molar-refractivity contribution in [1.29, 1.82) is 0 Å². The second-order valence-corrected chi connectivity index (χ2v) is 10.4. The Morgan fingerprint density at radius 2 is 1.27 bits per heavy atom. The molecule has 0 radical (unpaired) electrons. The SMILES string of the molecule is [Cl-].[N-]=[N+]=NCCCCCCOCCCc1ccc[n+](CCCCCCCCCCOCCCc2cccnc2)c1. The van der Waals surface area contributed by atoms with E-state index in [-0.39, 0.29) is 12.4 Å². The molecule has 40 heavy (non-hydrogen) atoms. The van der Waals surface area contributed by atoms with Crippen molar-refractivity contribution < 1.29 is 26.4 Å². The molecule has 0 amide bonds. The largest absolute Gasteiger partial charge is 1.00 e. The predicted octanol–water partition coefficient (Wildman–Crippen LogP) is 4.96. The number of rotatable bonds is 26. The molecule has 2 heterocycles. The van der Waals surface area contributed by atoms with Gasteiger partial charge in [0.1, 0.15) is 6.54 Å². The van der Waals surface area contributed by atoms with E-state index in [1.807, 2.05) is 18.5 Å². The fourth-order valence-corrected chi connectivity index (χ4v) is 4.71. The molecular weight excluding hydrogens is 522 g/mol. The van der Waals surface area contributed by atoms with E-state index in [0.717, 1.165) is 84.3 Å². The number of hydrogen-bond donors (Lipinski definition) is 0. The van der Waals surface area contributed by atoms with Crippen LogP contribution in [0.3, 0.4) is 0 Å². The summed E-state index contributed by atoms with van der Waals surface area (Å²) in [5.74, 6) is 0. The van der Waals surface area contributed by atoms with Crippen molar-refractivity contribution in [2.75, 3.05) is 33.0 Å². The van der Waals surface area contributed by atoms with Gasteiger partial charge in [0.15, 0.2) is 12.4 Å². The zero-order chi connectivity index (χ0) is 27.5. The number of pyridine rings is 2. The summed E-state index contributed by atoms with van der Waals surface area (Å²) < 4.78 is 13.9. The molecule has 0 aliphatic heterocycles. The van der Waals surface area contributed by atoms with Crippen molar-refractivity contribution in [3.05, 3.63) is 70.6 Å². The Balaban J connectivity index is 0.00000800. The minimum Gasteiger partial charge on any atom is -1.00 e. The molecule has 0 aromatic carbocycles. The Labute approximate surface area is 249 Å². The van der Waals surface area contributed by atoms with Crippen molar-refractivity contribution >= 4 is 0 Å². The molecule has 0 saturated carbocycles. The van der Waals surface area contributed by atoms with Crippen LogP contribution in [0, 0.1) is 0 Å². The smallest absolute Gasteiger partial charge is 0.171 e. The lowest BCUT2D eigenvalue weighted by Crippen LogP contribution is -3.00. The lowest BCUT2D eigenvalue weighted by atomic mass is 10.1. The third kappa shape index (κ3) is 20.7. The lowest BCUT2D eigenvalue weighted by molar-refractivity contribution is -0.697. The zero-order valence-electron chi connectivity index (χ0n) is 24.6. The molecule has 2 aromatic rings. The van der Waals surface area contributed by atoms with Gasteiger partial charge in [0.25, 0.3) is 0 Å². The minimum atomic E-state index is 0. The molecule has 2 aromatic heterocycles. The first-order valence-electron chi connectivity index (χ1n) is 15.4. The second-order valence-electron chi connectivity index (χ2n) is 10.4. The van der Waals surface area contributed by atoms with Crippen LogP contribution in [0.15, 0.2) is 54.2 Å². The fraction of sp³-hybridized carbons (Fsp3) is 0.688. The van der Waals surface area contributed by atoms with Gasteiger partial charge < -0.3 is 21.9 Å². The Morgan fingerprint density at radius 3 is 1.93 bits per heavy atom. The highest BCUT2D eigenvalue weighted by Gasteiger charge is 2.03. The van der Waals surface area contributed by atoms with Crippen LogP contribution < -0.4 is 17.0 Å². The van der Waals surface area contributed by atoms with E-state index >= 15 is 0 Å². The summed E-state index contributed by atoms with van der Waals surface area (Å²) in [6.07, 6.45) is 27.3. The second kappa shape index (κ2) is 27.0. The summed E-state index contributed by atoms with van der Waals surface area (Å²) in [4.78, 5) is 6.93. The molecule has 0 aliphatic carbocycles. The molecule has 0 atom stereocenters. The predicted molar refractivity (Wildman–Crippen MR) is 159 cm³/mol. The Kier molecular flexibility index (Phi) is 24.2. The van der Waals surface area contributed by atoms with Gasteiger partial charge in [-0.2, -0.15) is 0 Å². The van der Waals surface area contributed by atoms with Gasteiger partial charge in [-0.1, -0.05) is 56.1 Å². The van der Waals surface area contributed by atoms with E-state index in [0.29, 0.717) is 6.54 Å². The van der Waals surface area contributed by atoms with Crippen molar-refractivity contribution in [1.82, 2.24) is 4.98 Å². The number of nitrogens with zero attached hydrogens (tertiary/aromatic N) is 5. The molecule has 0 fully saturated rings. The zero-order valence-corrected chi connectivity index (χ0v) is 25.4. The molecule has 2 rings (SSSR count). The number of halogens is 1. The highest BCUT2D eigenvalue weighted by molar-refractivity contribution is 5.08. The van der Waals surface area contributed by atoms with E-state index in [9.17, 15) is 0 Å². The third-order valence-corrected chi connectivity index (χ3v) is 6.97. The van der Waals surface area contributed by atoms with Crippen molar-refractivity contribution in [3.8, 4) is 0 Å². The van der Waals surface area contributed by atoms with Crippen LogP contribution in [-0.2, 0) is 28.9 Å². The number of azide groups is 1. The van der Waals surface area contributed by atoms with Crippen molar-refractivity contribution in [2.45, 2.75) is 109 Å². The maximum Gasteiger partial charge on any atom is 0.171 e. The van der Waals surface area contributed by atoms with Crippen molar-refractivity contribution in [2.24, 2.45) is 5.11 Å². The first kappa shape index (κ1) is 35.8. The highest BCUT2D eigenvalue weighted by Crippen LogP contribution is 2.09. The van der Waals surface area contributed by atoms with Gasteiger partial charge in [-0.3, -0.25) is 4.98 Å². The lowest BCUT2D eigenvalue weighted by Gasteiger charge is -2.05. The molecule has 224 valence electrons. The van der Waals surface area contributed by atoms with Crippen LogP contribution in [0.2, 0.25) is 0 Å². The van der Waals surface area contributed by atoms with Crippen LogP contribution in [0.5, 0.6) is 0 Å². The van der Waals surface area contributed by atoms with Crippen LogP contribution in [-0.4, -0.2) is 38.0 Å². The quantitative estimate of drug-likeness (QED) is 0.0524. The van der Waals surface area contributed by atoms with Gasteiger partial charge in [-0.05, 0) is 74.6 Å². The molecule has 8 heteroatoms. The van der Waals surface area contributed by atoms with Crippen LogP contribution >= 0.6 is 0 Å². The minimum absolute atomic E-state index is 0. The molecule has 0 aliphatic rings. The highest BCUT2D eigenvalue weighted by atomic mass is 35.5. The average molecular weight is 574 g/mol. The van der Waals surface area contributed by atoms with E-state index in [1.54, 1.807) is 0 Å². The van der Waals surface area contributed by atoms with Crippen LogP contribution in [0.4, 0.5) is 0 Å². The first-order valence-corrected chi connectivity index (χ1v) is 15.4. The molecular formula is C32H52ClN5O2. The monoisotopic (exact) mass is 573 g/mol. The van der Waals surface area contributed by atoms with Gasteiger partial charge in [0.2, 0.25) is 0 Å². The average Bonchev–Trinajstić information content (AvgIpc) is 2.97. The summed E-state index contributed by atoms with van der Waals surface area (Å²) in [5.41, 5.74) is 11.0. The van der Waals surface area contributed by atoms with Gasteiger partial charge in [-0.15, -0.1) is 0 Å². The Hall–Kier alpha value is -2.18. The van der Waals surface area contributed by atoms with Gasteiger partial charge in [-0.25, -0.2) is 4.57 Å². The summed E-state index contributed by atoms with van der Waals surface area (Å²) in [7, 11) is 0. The topological polar surface area (TPSA) is 84.0 Å².